The average molecular weight is 245 g/mol. The lowest BCUT2D eigenvalue weighted by molar-refractivity contribution is 0.591. The molecule has 0 amide bonds. The van der Waals surface area contributed by atoms with E-state index in [1.807, 2.05) is 13.0 Å². The van der Waals surface area contributed by atoms with Gasteiger partial charge in [0.05, 0.1) is 5.52 Å². The summed E-state index contributed by atoms with van der Waals surface area (Å²) < 4.78 is 26.6. The lowest BCUT2D eigenvalue weighted by Crippen LogP contribution is -1.87. The molecule has 0 aliphatic carbocycles. The number of hydrogen-bond acceptors (Lipinski definition) is 2. The summed E-state index contributed by atoms with van der Waals surface area (Å²) in [6.07, 6.45) is 1.67. The van der Waals surface area contributed by atoms with Gasteiger partial charge in [0.25, 0.3) is 0 Å². The van der Waals surface area contributed by atoms with Gasteiger partial charge < -0.3 is 4.98 Å². The van der Waals surface area contributed by atoms with Crippen LogP contribution in [0.3, 0.4) is 0 Å². The summed E-state index contributed by atoms with van der Waals surface area (Å²) in [7, 11) is 0. The first-order valence-corrected chi connectivity index (χ1v) is 5.42. The minimum Gasteiger partial charge on any atom is -0.338 e. The van der Waals surface area contributed by atoms with Crippen molar-refractivity contribution in [3.63, 3.8) is 0 Å². The minimum atomic E-state index is -0.672. The monoisotopic (exact) mass is 245 g/mol. The zero-order chi connectivity index (χ0) is 12.7. The second-order valence-electron chi connectivity index (χ2n) is 4.01. The van der Waals surface area contributed by atoms with Crippen LogP contribution in [0.15, 0.2) is 30.5 Å². The van der Waals surface area contributed by atoms with Crippen LogP contribution in [0.4, 0.5) is 8.78 Å². The predicted molar refractivity (Wildman–Crippen MR) is 64.0 cm³/mol. The van der Waals surface area contributed by atoms with E-state index in [9.17, 15) is 8.78 Å². The fourth-order valence-corrected chi connectivity index (χ4v) is 1.90. The van der Waals surface area contributed by atoms with E-state index in [1.165, 1.54) is 6.07 Å². The number of aromatic nitrogens is 3. The van der Waals surface area contributed by atoms with Crippen LogP contribution < -0.4 is 0 Å². The van der Waals surface area contributed by atoms with E-state index in [0.717, 1.165) is 17.3 Å². The molecule has 0 atom stereocenters. The van der Waals surface area contributed by atoms with Crippen molar-refractivity contribution in [2.45, 2.75) is 6.92 Å². The molecule has 0 saturated heterocycles. The number of rotatable bonds is 1. The van der Waals surface area contributed by atoms with Crippen LogP contribution in [0.2, 0.25) is 0 Å². The number of benzene rings is 1. The zero-order valence-corrected chi connectivity index (χ0v) is 9.54. The van der Waals surface area contributed by atoms with Crippen molar-refractivity contribution >= 4 is 11.0 Å². The molecule has 0 spiro atoms. The number of pyridine rings is 1. The van der Waals surface area contributed by atoms with Crippen molar-refractivity contribution < 1.29 is 8.78 Å². The Morgan fingerprint density at radius 3 is 2.83 bits per heavy atom. The lowest BCUT2D eigenvalue weighted by atomic mass is 10.2. The summed E-state index contributed by atoms with van der Waals surface area (Å²) in [5.41, 5.74) is 2.02. The fourth-order valence-electron chi connectivity index (χ4n) is 1.90. The van der Waals surface area contributed by atoms with Gasteiger partial charge in [-0.15, -0.1) is 0 Å². The molecule has 2 heterocycles. The second-order valence-corrected chi connectivity index (χ2v) is 4.01. The lowest BCUT2D eigenvalue weighted by Gasteiger charge is -1.99. The highest BCUT2D eigenvalue weighted by Gasteiger charge is 2.12. The van der Waals surface area contributed by atoms with Gasteiger partial charge in [-0.1, -0.05) is 0 Å². The third kappa shape index (κ3) is 1.64. The number of aryl methyl sites for hydroxylation is 1. The molecule has 0 radical (unpaired) electrons. The van der Waals surface area contributed by atoms with Crippen molar-refractivity contribution in [1.29, 1.82) is 0 Å². The third-order valence-electron chi connectivity index (χ3n) is 2.77. The van der Waals surface area contributed by atoms with Gasteiger partial charge in [0.15, 0.2) is 5.82 Å². The number of halogens is 2. The van der Waals surface area contributed by atoms with Gasteiger partial charge in [-0.2, -0.15) is 0 Å². The highest BCUT2D eigenvalue weighted by Crippen LogP contribution is 2.24. The van der Waals surface area contributed by atoms with Gasteiger partial charge in [-0.05, 0) is 25.1 Å². The largest absolute Gasteiger partial charge is 0.338 e. The molecule has 1 aromatic carbocycles. The number of nitrogens with zero attached hydrogens (tertiary/aromatic N) is 2. The van der Waals surface area contributed by atoms with E-state index < -0.39 is 11.6 Å². The third-order valence-corrected chi connectivity index (χ3v) is 2.77. The molecule has 18 heavy (non-hydrogen) atoms. The first-order valence-electron chi connectivity index (χ1n) is 5.42. The molecule has 0 unspecified atom stereocenters. The smallest absolute Gasteiger partial charge is 0.153 e. The van der Waals surface area contributed by atoms with Crippen LogP contribution in [0.1, 0.15) is 5.69 Å². The summed E-state index contributed by atoms with van der Waals surface area (Å²) in [5.74, 6) is -0.813. The Hall–Kier alpha value is -2.30. The van der Waals surface area contributed by atoms with Crippen molar-refractivity contribution in [3.8, 4) is 11.4 Å². The molecule has 3 aromatic rings. The van der Waals surface area contributed by atoms with Crippen LogP contribution in [-0.4, -0.2) is 15.0 Å². The molecule has 3 rings (SSSR count). The van der Waals surface area contributed by atoms with E-state index in [-0.39, 0.29) is 5.52 Å². The van der Waals surface area contributed by atoms with E-state index in [0.29, 0.717) is 11.3 Å². The second kappa shape index (κ2) is 3.87. The predicted octanol–water partition coefficient (Wildman–Crippen LogP) is 3.21. The highest BCUT2D eigenvalue weighted by molar-refractivity contribution is 5.80. The Labute approximate surface area is 102 Å². The van der Waals surface area contributed by atoms with Gasteiger partial charge >= 0.3 is 0 Å². The molecule has 1 N–H and O–H groups in total. The van der Waals surface area contributed by atoms with Crippen LogP contribution in [-0.2, 0) is 0 Å². The molecular weight excluding hydrogens is 236 g/mol. The van der Waals surface area contributed by atoms with E-state index in [1.54, 1.807) is 12.3 Å². The Morgan fingerprint density at radius 1 is 1.22 bits per heavy atom. The normalized spacial score (nSPS) is 11.1. The molecule has 0 bridgehead atoms. The number of aromatic amines is 1. The molecule has 90 valence electrons. The molecule has 0 aliphatic heterocycles. The van der Waals surface area contributed by atoms with E-state index in [4.69, 9.17) is 0 Å². The van der Waals surface area contributed by atoms with Crippen LogP contribution >= 0.6 is 0 Å². The fraction of sp³-hybridized carbons (Fsp3) is 0.0769. The number of fused-ring (bicyclic) bond motifs is 1. The van der Waals surface area contributed by atoms with E-state index >= 15 is 0 Å². The average Bonchev–Trinajstić information content (AvgIpc) is 2.73. The topological polar surface area (TPSA) is 41.6 Å². The molecule has 0 saturated carbocycles. The summed E-state index contributed by atoms with van der Waals surface area (Å²) in [6, 6.07) is 5.64. The van der Waals surface area contributed by atoms with Crippen LogP contribution in [0, 0.1) is 18.6 Å². The van der Waals surface area contributed by atoms with Crippen molar-refractivity contribution in [2.24, 2.45) is 0 Å². The Kier molecular flexibility index (Phi) is 2.33. The van der Waals surface area contributed by atoms with Crippen molar-refractivity contribution in [2.75, 3.05) is 0 Å². The summed E-state index contributed by atoms with van der Waals surface area (Å²) >= 11 is 0. The molecule has 2 aromatic heterocycles. The first kappa shape index (κ1) is 10.8. The van der Waals surface area contributed by atoms with Gasteiger partial charge in [-0.3, -0.25) is 4.98 Å². The number of H-pyrrole nitrogens is 1. The molecular formula is C13H9F2N3. The first-order chi connectivity index (χ1) is 8.65. The summed E-state index contributed by atoms with van der Waals surface area (Å²) in [4.78, 5) is 11.2. The molecule has 0 fully saturated rings. The maximum Gasteiger partial charge on any atom is 0.153 e. The van der Waals surface area contributed by atoms with Gasteiger partial charge in [0, 0.05) is 23.5 Å². The van der Waals surface area contributed by atoms with Crippen LogP contribution in [0.25, 0.3) is 22.4 Å². The van der Waals surface area contributed by atoms with Gasteiger partial charge in [0.2, 0.25) is 0 Å². The zero-order valence-electron chi connectivity index (χ0n) is 9.54. The maximum absolute atomic E-state index is 13.5. The summed E-state index contributed by atoms with van der Waals surface area (Å²) in [6.45, 7) is 1.83. The molecule has 0 aliphatic rings. The van der Waals surface area contributed by atoms with E-state index in [2.05, 4.69) is 15.0 Å². The van der Waals surface area contributed by atoms with Crippen molar-refractivity contribution in [3.05, 3.63) is 47.8 Å². The Bertz CT molecular complexity index is 734. The SMILES string of the molecule is Cc1ncccc1-c1nc2c(F)cc(F)cc2[nH]1. The minimum absolute atomic E-state index is 0.134. The molecule has 3 nitrogen and oxygen atoms in total. The highest BCUT2D eigenvalue weighted by atomic mass is 19.1. The van der Waals surface area contributed by atoms with Gasteiger partial charge in [-0.25, -0.2) is 13.8 Å². The maximum atomic E-state index is 13.5. The number of imidazole rings is 1. The standard InChI is InChI=1S/C13H9F2N3/c1-7-9(3-2-4-16-7)13-17-11-6-8(14)5-10(15)12(11)18-13/h2-6H,1H3,(H,17,18). The Balaban J connectivity index is 2.26. The van der Waals surface area contributed by atoms with Crippen LogP contribution in [0.5, 0.6) is 0 Å². The van der Waals surface area contributed by atoms with Gasteiger partial charge in [0.1, 0.15) is 17.2 Å². The number of nitrogens with one attached hydrogen (secondary N) is 1. The van der Waals surface area contributed by atoms with Crippen molar-refractivity contribution in [1.82, 2.24) is 15.0 Å². The Morgan fingerprint density at radius 2 is 2.06 bits per heavy atom. The summed E-state index contributed by atoms with van der Waals surface area (Å²) in [5, 5.41) is 0. The number of hydrogen-bond donors (Lipinski definition) is 1. The quantitative estimate of drug-likeness (QED) is 0.715. The molecule has 5 heteroatoms.